The van der Waals surface area contributed by atoms with Crippen LogP contribution in [0.25, 0.3) is 22.3 Å². The Hall–Kier alpha value is -5.08. The van der Waals surface area contributed by atoms with E-state index in [4.69, 9.17) is 4.74 Å². The Balaban J connectivity index is 1.18. The number of para-hydroxylation sites is 1. The van der Waals surface area contributed by atoms with E-state index in [1.807, 2.05) is 0 Å². The highest BCUT2D eigenvalue weighted by molar-refractivity contribution is 5.87. The van der Waals surface area contributed by atoms with Crippen molar-refractivity contribution >= 4 is 17.1 Å². The van der Waals surface area contributed by atoms with Crippen LogP contribution in [0.3, 0.4) is 0 Å². The normalized spacial score (nSPS) is 25.9. The lowest BCUT2D eigenvalue weighted by Gasteiger charge is -2.63. The molecule has 1 aliphatic heterocycles. The molecule has 280 valence electrons. The van der Waals surface area contributed by atoms with Crippen LogP contribution < -0.4 is 9.64 Å². The number of hydrogen-bond acceptors (Lipinski definition) is 2. The van der Waals surface area contributed by atoms with Gasteiger partial charge in [-0.05, 0) is 143 Å². The molecule has 6 aromatic carbocycles. The molecule has 12 rings (SSSR count). The topological polar surface area (TPSA) is 12.5 Å². The van der Waals surface area contributed by atoms with Crippen molar-refractivity contribution in [3.63, 3.8) is 0 Å². The fourth-order valence-electron chi connectivity index (χ4n) is 12.8. The molecule has 0 unspecified atom stereocenters. The minimum atomic E-state index is -0.0982. The first kappa shape index (κ1) is 34.2. The minimum absolute atomic E-state index is 0.0131. The molecule has 0 amide bonds. The summed E-state index contributed by atoms with van der Waals surface area (Å²) in [6.07, 6.45) is 9.04. The first-order valence-corrected chi connectivity index (χ1v) is 21.3. The number of fused-ring (bicyclic) bond motifs is 3. The summed E-state index contributed by atoms with van der Waals surface area (Å²) < 4.78 is 7.51. The molecule has 0 aromatic heterocycles. The van der Waals surface area contributed by atoms with Gasteiger partial charge in [-0.3, -0.25) is 0 Å². The van der Waals surface area contributed by atoms with E-state index >= 15 is 0 Å². The Bertz CT molecular complexity index is 2430. The van der Waals surface area contributed by atoms with E-state index in [1.165, 1.54) is 88.7 Å². The van der Waals surface area contributed by atoms with Crippen LogP contribution in [0.5, 0.6) is 11.5 Å². The molecule has 0 atom stereocenters. The lowest BCUT2D eigenvalue weighted by Crippen LogP contribution is -2.57. The second kappa shape index (κ2) is 12.5. The third-order valence-corrected chi connectivity index (χ3v) is 15.1. The van der Waals surface area contributed by atoms with Gasteiger partial charge in [0.15, 0.2) is 5.75 Å². The third-order valence-electron chi connectivity index (χ3n) is 15.1. The first-order chi connectivity index (χ1) is 27.2. The van der Waals surface area contributed by atoms with E-state index in [-0.39, 0.29) is 16.2 Å². The number of anilines is 3. The average Bonchev–Trinajstić information content (AvgIpc) is 3.22. The Morgan fingerprint density at radius 1 is 0.482 bits per heavy atom. The molecule has 4 fully saturated rings. The molecular formula is C54H53NO. The van der Waals surface area contributed by atoms with Gasteiger partial charge >= 0.3 is 0 Å². The van der Waals surface area contributed by atoms with E-state index in [0.717, 1.165) is 41.1 Å². The van der Waals surface area contributed by atoms with Crippen molar-refractivity contribution in [2.24, 2.45) is 23.7 Å². The molecule has 1 heterocycles. The lowest BCUT2D eigenvalue weighted by molar-refractivity contribution is -0.0449. The van der Waals surface area contributed by atoms with Crippen LogP contribution in [-0.4, -0.2) is 0 Å². The maximum atomic E-state index is 7.51. The van der Waals surface area contributed by atoms with Gasteiger partial charge in [0.05, 0.1) is 11.4 Å². The summed E-state index contributed by atoms with van der Waals surface area (Å²) in [5, 5.41) is 0. The van der Waals surface area contributed by atoms with Gasteiger partial charge in [-0.15, -0.1) is 0 Å². The van der Waals surface area contributed by atoms with Gasteiger partial charge in [0, 0.05) is 22.2 Å². The maximum Gasteiger partial charge on any atom is 0.155 e. The number of nitrogens with zero attached hydrogens (tertiary/aromatic N) is 1. The number of ether oxygens (including phenoxy) is 1. The zero-order valence-corrected chi connectivity index (χ0v) is 33.4. The van der Waals surface area contributed by atoms with Crippen molar-refractivity contribution in [3.05, 3.63) is 162 Å². The highest BCUT2D eigenvalue weighted by Crippen LogP contribution is 2.71. The zero-order chi connectivity index (χ0) is 37.8. The van der Waals surface area contributed by atoms with Gasteiger partial charge in [-0.2, -0.15) is 0 Å². The second-order valence-corrected chi connectivity index (χ2v) is 19.2. The van der Waals surface area contributed by atoms with Crippen LogP contribution in [0.4, 0.5) is 17.1 Å². The quantitative estimate of drug-likeness (QED) is 0.175. The Morgan fingerprint density at radius 3 is 1.73 bits per heavy atom. The van der Waals surface area contributed by atoms with Crippen LogP contribution in [-0.2, 0) is 16.2 Å². The van der Waals surface area contributed by atoms with Gasteiger partial charge in [-0.1, -0.05) is 137 Å². The average molecular weight is 732 g/mol. The highest BCUT2D eigenvalue weighted by atomic mass is 16.5. The lowest BCUT2D eigenvalue weighted by atomic mass is 9.41. The minimum Gasteiger partial charge on any atom is -0.454 e. The van der Waals surface area contributed by atoms with E-state index in [0.29, 0.717) is 11.8 Å². The molecule has 2 heteroatoms. The number of benzene rings is 6. The van der Waals surface area contributed by atoms with E-state index in [2.05, 4.69) is 172 Å². The van der Waals surface area contributed by atoms with Crippen molar-refractivity contribution < 1.29 is 4.74 Å². The third kappa shape index (κ3) is 5.00. The Labute approximate surface area is 333 Å². The molecular weight excluding hydrogens is 679 g/mol. The van der Waals surface area contributed by atoms with Crippen LogP contribution >= 0.6 is 0 Å². The van der Waals surface area contributed by atoms with E-state index in [1.54, 1.807) is 0 Å². The molecule has 0 saturated heterocycles. The van der Waals surface area contributed by atoms with Crippen molar-refractivity contribution in [2.45, 2.75) is 88.9 Å². The van der Waals surface area contributed by atoms with Crippen LogP contribution in [0.2, 0.25) is 0 Å². The van der Waals surface area contributed by atoms with Gasteiger partial charge in [0.25, 0.3) is 0 Å². The molecule has 6 aromatic rings. The van der Waals surface area contributed by atoms with Gasteiger partial charge in [-0.25, -0.2) is 0 Å². The molecule has 5 aliphatic carbocycles. The maximum absolute atomic E-state index is 7.51. The number of rotatable bonds is 5. The molecule has 6 aliphatic rings. The largest absolute Gasteiger partial charge is 0.454 e. The SMILES string of the molecule is CC1(C)CCC(C)(C)c2c(N(c3ccc(-c4ccccc4)cc3)c3cccc4c3Oc3cccc(-c5ccccc5)c3C43C4CC5CC(C4)CC3C5)cccc21. The highest BCUT2D eigenvalue weighted by Gasteiger charge is 2.62. The molecule has 2 nitrogen and oxygen atoms in total. The van der Waals surface area contributed by atoms with Crippen molar-refractivity contribution in [1.29, 1.82) is 0 Å². The standard InChI is InChI=1S/C54H53NO/c1-52(2)28-29-53(3,4)50-44(52)19-12-21-46(50)55(42-26-24-38(25-27-42)37-14-7-5-8-15-37)47-22-13-20-45-51(47)56-48-23-11-18-43(39-16-9-6-10-17-39)49(48)54(45)40-31-35-30-36(33-40)34-41(54)32-35/h5-27,35-36,40-41H,28-34H2,1-4H3. The molecule has 0 N–H and O–H groups in total. The Morgan fingerprint density at radius 2 is 1.05 bits per heavy atom. The van der Waals surface area contributed by atoms with Gasteiger partial charge < -0.3 is 9.64 Å². The first-order valence-electron chi connectivity index (χ1n) is 21.3. The van der Waals surface area contributed by atoms with Crippen molar-refractivity contribution in [1.82, 2.24) is 0 Å². The predicted octanol–water partition coefficient (Wildman–Crippen LogP) is 14.7. The van der Waals surface area contributed by atoms with Gasteiger partial charge in [0.2, 0.25) is 0 Å². The van der Waals surface area contributed by atoms with Crippen LogP contribution in [0.1, 0.15) is 94.9 Å². The van der Waals surface area contributed by atoms with E-state index in [9.17, 15) is 0 Å². The number of hydrogen-bond donors (Lipinski definition) is 0. The van der Waals surface area contributed by atoms with Crippen molar-refractivity contribution in [2.75, 3.05) is 4.90 Å². The molecule has 56 heavy (non-hydrogen) atoms. The summed E-state index contributed by atoms with van der Waals surface area (Å²) >= 11 is 0. The summed E-state index contributed by atoms with van der Waals surface area (Å²) in [6.45, 7) is 9.80. The molecule has 4 saturated carbocycles. The summed E-state index contributed by atoms with van der Waals surface area (Å²) in [7, 11) is 0. The van der Waals surface area contributed by atoms with Crippen molar-refractivity contribution in [3.8, 4) is 33.8 Å². The smallest absolute Gasteiger partial charge is 0.155 e. The van der Waals surface area contributed by atoms with Crippen LogP contribution in [0.15, 0.2) is 140 Å². The van der Waals surface area contributed by atoms with Gasteiger partial charge in [0.1, 0.15) is 5.75 Å². The summed E-state index contributed by atoms with van der Waals surface area (Å²) in [6, 6.07) is 52.3. The van der Waals surface area contributed by atoms with Crippen LogP contribution in [0, 0.1) is 23.7 Å². The summed E-state index contributed by atoms with van der Waals surface area (Å²) in [4.78, 5) is 2.57. The summed E-state index contributed by atoms with van der Waals surface area (Å²) in [5.41, 5.74) is 14.5. The fourth-order valence-corrected chi connectivity index (χ4v) is 12.8. The second-order valence-electron chi connectivity index (χ2n) is 19.2. The molecule has 1 spiro atoms. The molecule has 4 bridgehead atoms. The monoisotopic (exact) mass is 731 g/mol. The molecule has 0 radical (unpaired) electrons. The van der Waals surface area contributed by atoms with E-state index < -0.39 is 0 Å². The fraction of sp³-hybridized carbons (Fsp3) is 0.333. The predicted molar refractivity (Wildman–Crippen MR) is 232 cm³/mol. The zero-order valence-electron chi connectivity index (χ0n) is 33.4. The summed E-state index contributed by atoms with van der Waals surface area (Å²) in [5.74, 6) is 5.01. The Kier molecular flexibility index (Phi) is 7.61.